The average Bonchev–Trinajstić information content (AvgIpc) is 3.23. The van der Waals surface area contributed by atoms with E-state index >= 15 is 0 Å². The van der Waals surface area contributed by atoms with E-state index in [9.17, 15) is 35.9 Å². The van der Waals surface area contributed by atoms with Gasteiger partial charge in [-0.2, -0.15) is 26.3 Å². The maximum Gasteiger partial charge on any atom is 0.416 e. The van der Waals surface area contributed by atoms with E-state index in [1.165, 1.54) is 36.4 Å². The molecule has 10 heteroatoms. The molecular weight excluding hydrogens is 498 g/mol. The molecule has 4 rings (SSSR count). The quantitative estimate of drug-likeness (QED) is 0.228. The number of hydrogen-bond acceptors (Lipinski definition) is 2. The second-order valence-electron chi connectivity index (χ2n) is 8.10. The zero-order valence-corrected chi connectivity index (χ0v) is 18.9. The van der Waals surface area contributed by atoms with Crippen LogP contribution in [0.2, 0.25) is 0 Å². The van der Waals surface area contributed by atoms with E-state index in [1.54, 1.807) is 18.2 Å². The van der Waals surface area contributed by atoms with Crippen LogP contribution in [0, 0.1) is 0 Å². The minimum absolute atomic E-state index is 0.298. The van der Waals surface area contributed by atoms with Crippen LogP contribution in [0.5, 0.6) is 0 Å². The Balaban J connectivity index is 1.62. The predicted octanol–water partition coefficient (Wildman–Crippen LogP) is 6.59. The highest BCUT2D eigenvalue weighted by Gasteiger charge is 2.31. The number of carbonyl (C=O) groups is 2. The van der Waals surface area contributed by atoms with Crippen LogP contribution in [0.4, 0.5) is 32.0 Å². The zero-order chi connectivity index (χ0) is 26.8. The van der Waals surface area contributed by atoms with Gasteiger partial charge in [-0.3, -0.25) is 9.59 Å². The van der Waals surface area contributed by atoms with Crippen molar-refractivity contribution >= 4 is 23.1 Å². The summed E-state index contributed by atoms with van der Waals surface area (Å²) in [6.07, 6.45) is -5.23. The second-order valence-corrected chi connectivity index (χ2v) is 8.10. The number of halogens is 6. The van der Waals surface area contributed by atoms with Crippen molar-refractivity contribution in [1.82, 2.24) is 5.32 Å². The van der Waals surface area contributed by atoms with Crippen LogP contribution in [0.15, 0.2) is 85.0 Å². The number of anilines is 1. The zero-order valence-electron chi connectivity index (χ0n) is 18.9. The Morgan fingerprint density at radius 3 is 1.86 bits per heavy atom. The SMILES string of the molecule is O=C(/C=C/C=C(c1ccc(C(F)(F)F)cc1)c1ccc(C(F)(F)F)cc1)Nc1cccc2c1C(=O)NC2. The fourth-order valence-electron chi connectivity index (χ4n) is 3.83. The average molecular weight is 516 g/mol. The lowest BCUT2D eigenvalue weighted by Crippen LogP contribution is -2.16. The Hall–Kier alpha value is -4.34. The Labute approximate surface area is 207 Å². The highest BCUT2D eigenvalue weighted by molar-refractivity contribution is 6.08. The molecule has 0 aliphatic carbocycles. The Morgan fingerprint density at radius 2 is 1.35 bits per heavy atom. The van der Waals surface area contributed by atoms with Crippen molar-refractivity contribution in [3.8, 4) is 0 Å². The van der Waals surface area contributed by atoms with Crippen LogP contribution in [0.25, 0.3) is 5.57 Å². The molecule has 190 valence electrons. The van der Waals surface area contributed by atoms with Crippen LogP contribution in [-0.4, -0.2) is 11.8 Å². The molecule has 3 aromatic carbocycles. The Morgan fingerprint density at radius 1 is 0.811 bits per heavy atom. The third-order valence-electron chi connectivity index (χ3n) is 5.63. The van der Waals surface area contributed by atoms with E-state index in [1.807, 2.05) is 0 Å². The van der Waals surface area contributed by atoms with Gasteiger partial charge in [0.2, 0.25) is 5.91 Å². The highest BCUT2D eigenvalue weighted by Crippen LogP contribution is 2.33. The first kappa shape index (κ1) is 25.7. The standard InChI is InChI=1S/C27H18F6N2O2/c28-26(29,30)19-11-7-16(8-12-19)21(17-9-13-20(14-10-17)27(31,32)33)4-2-6-23(36)35-22-5-1-3-18-15-34-25(37)24(18)22/h1-14H,15H2,(H,34,37)(H,35,36)/b6-2+. The minimum Gasteiger partial charge on any atom is -0.348 e. The number of benzene rings is 3. The van der Waals surface area contributed by atoms with Gasteiger partial charge >= 0.3 is 12.4 Å². The first-order valence-corrected chi connectivity index (χ1v) is 10.9. The molecule has 3 aromatic rings. The number of nitrogens with one attached hydrogen (secondary N) is 2. The number of rotatable bonds is 5. The molecule has 1 aliphatic heterocycles. The molecule has 0 saturated heterocycles. The molecule has 0 bridgehead atoms. The molecule has 0 aromatic heterocycles. The van der Waals surface area contributed by atoms with Crippen LogP contribution in [0.1, 0.15) is 38.2 Å². The molecule has 37 heavy (non-hydrogen) atoms. The maximum atomic E-state index is 13.0. The normalized spacial score (nSPS) is 13.3. The van der Waals surface area contributed by atoms with Gasteiger partial charge in [0.25, 0.3) is 5.91 Å². The molecule has 1 aliphatic rings. The lowest BCUT2D eigenvalue weighted by Gasteiger charge is -2.12. The van der Waals surface area contributed by atoms with E-state index in [-0.39, 0.29) is 5.91 Å². The fraction of sp³-hybridized carbons (Fsp3) is 0.111. The first-order chi connectivity index (χ1) is 17.4. The van der Waals surface area contributed by atoms with E-state index in [0.29, 0.717) is 34.5 Å². The molecule has 0 unspecified atom stereocenters. The first-order valence-electron chi connectivity index (χ1n) is 10.9. The van der Waals surface area contributed by atoms with Gasteiger partial charge in [-0.25, -0.2) is 0 Å². The summed E-state index contributed by atoms with van der Waals surface area (Å²) in [5.74, 6) is -0.898. The Bertz CT molecular complexity index is 1330. The molecule has 0 atom stereocenters. The monoisotopic (exact) mass is 516 g/mol. The van der Waals surface area contributed by atoms with Crippen molar-refractivity contribution in [3.05, 3.63) is 118 Å². The van der Waals surface area contributed by atoms with E-state index in [0.717, 1.165) is 35.9 Å². The summed E-state index contributed by atoms with van der Waals surface area (Å²) in [5, 5.41) is 5.27. The number of allylic oxidation sites excluding steroid dienone is 2. The van der Waals surface area contributed by atoms with Gasteiger partial charge in [-0.05, 0) is 52.6 Å². The molecule has 0 fully saturated rings. The topological polar surface area (TPSA) is 58.2 Å². The van der Waals surface area contributed by atoms with Crippen LogP contribution < -0.4 is 10.6 Å². The number of amides is 2. The van der Waals surface area contributed by atoms with Crippen molar-refractivity contribution < 1.29 is 35.9 Å². The molecule has 2 amide bonds. The van der Waals surface area contributed by atoms with Crippen LogP contribution >= 0.6 is 0 Å². The summed E-state index contributed by atoms with van der Waals surface area (Å²) in [5.41, 5.74) is 0.553. The van der Waals surface area contributed by atoms with E-state index in [4.69, 9.17) is 0 Å². The lowest BCUT2D eigenvalue weighted by atomic mass is 9.95. The number of fused-ring (bicyclic) bond motifs is 1. The van der Waals surface area contributed by atoms with Gasteiger partial charge in [0.05, 0.1) is 22.4 Å². The van der Waals surface area contributed by atoms with Gasteiger partial charge in [0.15, 0.2) is 0 Å². The number of alkyl halides is 6. The van der Waals surface area contributed by atoms with Crippen molar-refractivity contribution in [2.24, 2.45) is 0 Å². The predicted molar refractivity (Wildman–Crippen MR) is 125 cm³/mol. The van der Waals surface area contributed by atoms with Gasteiger partial charge in [-0.15, -0.1) is 0 Å². The highest BCUT2D eigenvalue weighted by atomic mass is 19.4. The third-order valence-corrected chi connectivity index (χ3v) is 5.63. The second kappa shape index (κ2) is 9.96. The summed E-state index contributed by atoms with van der Waals surface area (Å²) < 4.78 is 77.9. The number of hydrogen-bond donors (Lipinski definition) is 2. The van der Waals surface area contributed by atoms with Crippen LogP contribution in [-0.2, 0) is 23.7 Å². The maximum absolute atomic E-state index is 13.0. The number of carbonyl (C=O) groups excluding carboxylic acids is 2. The van der Waals surface area contributed by atoms with Crippen LogP contribution in [0.3, 0.4) is 0 Å². The molecule has 4 nitrogen and oxygen atoms in total. The van der Waals surface area contributed by atoms with Gasteiger partial charge in [0.1, 0.15) is 0 Å². The summed E-state index contributed by atoms with van der Waals surface area (Å²) in [4.78, 5) is 24.5. The fourth-order valence-corrected chi connectivity index (χ4v) is 3.83. The van der Waals surface area contributed by atoms with Crippen molar-refractivity contribution in [3.63, 3.8) is 0 Å². The summed E-state index contributed by atoms with van der Waals surface area (Å²) >= 11 is 0. The lowest BCUT2D eigenvalue weighted by molar-refractivity contribution is -0.138. The van der Waals surface area contributed by atoms with Gasteiger partial charge in [-0.1, -0.05) is 48.6 Å². The minimum atomic E-state index is -4.55. The summed E-state index contributed by atoms with van der Waals surface area (Å²) in [6, 6.07) is 13.3. The molecule has 2 N–H and O–H groups in total. The van der Waals surface area contributed by atoms with E-state index < -0.39 is 29.4 Å². The van der Waals surface area contributed by atoms with E-state index in [2.05, 4.69) is 10.6 Å². The molecule has 0 saturated carbocycles. The molecule has 0 radical (unpaired) electrons. The third kappa shape index (κ3) is 5.91. The van der Waals surface area contributed by atoms with Crippen molar-refractivity contribution in [2.75, 3.05) is 5.32 Å². The largest absolute Gasteiger partial charge is 0.416 e. The summed E-state index contributed by atoms with van der Waals surface area (Å²) in [7, 11) is 0. The smallest absolute Gasteiger partial charge is 0.348 e. The van der Waals surface area contributed by atoms with Crippen molar-refractivity contribution in [2.45, 2.75) is 18.9 Å². The molecule has 1 heterocycles. The Kier molecular flexibility index (Phi) is 6.93. The van der Waals surface area contributed by atoms with Crippen molar-refractivity contribution in [1.29, 1.82) is 0 Å². The summed E-state index contributed by atoms with van der Waals surface area (Å²) in [6.45, 7) is 0.347. The molecule has 0 spiro atoms. The van der Waals surface area contributed by atoms with Gasteiger partial charge < -0.3 is 10.6 Å². The van der Waals surface area contributed by atoms with Gasteiger partial charge in [0, 0.05) is 12.6 Å². The molecular formula is C27H18F6N2O2.